The zero-order valence-corrected chi connectivity index (χ0v) is 12.2. The highest BCUT2D eigenvalue weighted by Crippen LogP contribution is 2.43. The molecule has 0 heterocycles. The Morgan fingerprint density at radius 3 is 1.52 bits per heavy atom. The number of phosphoric acid groups is 1. The van der Waals surface area contributed by atoms with Crippen molar-refractivity contribution >= 4 is 7.82 Å². The Morgan fingerprint density at radius 2 is 1.24 bits per heavy atom. The fraction of sp³-hybridized carbons (Fsp3) is 0.143. The quantitative estimate of drug-likeness (QED) is 0.732. The third kappa shape index (κ3) is 7.48. The van der Waals surface area contributed by atoms with Gasteiger partial charge in [-0.3, -0.25) is 4.89 Å². The van der Waals surface area contributed by atoms with Crippen molar-refractivity contribution < 1.29 is 23.6 Å². The van der Waals surface area contributed by atoms with Gasteiger partial charge in [0, 0.05) is 6.54 Å². The van der Waals surface area contributed by atoms with E-state index in [0.29, 0.717) is 6.54 Å². The van der Waals surface area contributed by atoms with Gasteiger partial charge in [-0.2, -0.15) is 0 Å². The number of aliphatic hydroxyl groups excluding tert-OH is 1. The minimum atomic E-state index is -4.14. The first-order valence-corrected chi connectivity index (χ1v) is 7.70. The van der Waals surface area contributed by atoms with Crippen LogP contribution in [0, 0.1) is 0 Å². The number of phosphoric ester groups is 1. The predicted molar refractivity (Wildman–Crippen MR) is 80.1 cm³/mol. The molecule has 0 aliphatic heterocycles. The van der Waals surface area contributed by atoms with E-state index in [4.69, 9.17) is 19.9 Å². The molecule has 0 saturated carbocycles. The lowest BCUT2D eigenvalue weighted by molar-refractivity contribution is 0.291. The van der Waals surface area contributed by atoms with Crippen LogP contribution in [-0.2, 0) is 4.57 Å². The predicted octanol–water partition coefficient (Wildman–Crippen LogP) is 2.18. The van der Waals surface area contributed by atoms with Crippen LogP contribution in [0.3, 0.4) is 0 Å². The second-order valence-electron chi connectivity index (χ2n) is 3.79. The van der Waals surface area contributed by atoms with Crippen molar-refractivity contribution in [2.75, 3.05) is 13.2 Å². The van der Waals surface area contributed by atoms with Crippen molar-refractivity contribution in [1.29, 1.82) is 0 Å². The van der Waals surface area contributed by atoms with Crippen molar-refractivity contribution in [2.45, 2.75) is 0 Å². The van der Waals surface area contributed by atoms with Gasteiger partial charge in [0.2, 0.25) is 0 Å². The first-order valence-electron chi connectivity index (χ1n) is 6.20. The highest BCUT2D eigenvalue weighted by molar-refractivity contribution is 7.48. The van der Waals surface area contributed by atoms with Crippen LogP contribution in [0.25, 0.3) is 0 Å². The molecule has 6 nitrogen and oxygen atoms in total. The number of aliphatic hydroxyl groups is 1. The number of benzene rings is 2. The van der Waals surface area contributed by atoms with Crippen molar-refractivity contribution in [3.63, 3.8) is 0 Å². The molecule has 0 aliphatic rings. The summed E-state index contributed by atoms with van der Waals surface area (Å²) in [4.78, 5) is 9.53. The van der Waals surface area contributed by atoms with E-state index in [2.05, 4.69) is 0 Å². The molecule has 114 valence electrons. The molecule has 0 unspecified atom stereocenters. The number of para-hydroxylation sites is 2. The lowest BCUT2D eigenvalue weighted by Gasteiger charge is -2.13. The van der Waals surface area contributed by atoms with Gasteiger partial charge in [-0.15, -0.1) is 0 Å². The molecule has 0 saturated heterocycles. The fourth-order valence-corrected chi connectivity index (χ4v) is 2.06. The summed E-state index contributed by atoms with van der Waals surface area (Å²) in [6, 6.07) is 16.7. The molecule has 0 atom stereocenters. The van der Waals surface area contributed by atoms with Crippen LogP contribution >= 0.6 is 7.82 Å². The van der Waals surface area contributed by atoms with Crippen molar-refractivity contribution in [2.24, 2.45) is 5.73 Å². The number of nitrogens with two attached hydrogens (primary N) is 1. The third-order valence-electron chi connectivity index (χ3n) is 2.06. The van der Waals surface area contributed by atoms with Gasteiger partial charge >= 0.3 is 7.82 Å². The average Bonchev–Trinajstić information content (AvgIpc) is 2.48. The first kappa shape index (κ1) is 17.2. The Kier molecular flexibility index (Phi) is 7.50. The minimum absolute atomic E-state index is 0.0972. The summed E-state index contributed by atoms with van der Waals surface area (Å²) < 4.78 is 21.5. The van der Waals surface area contributed by atoms with E-state index in [1.54, 1.807) is 60.7 Å². The summed E-state index contributed by atoms with van der Waals surface area (Å²) in [6.07, 6.45) is 0. The van der Waals surface area contributed by atoms with Crippen LogP contribution < -0.4 is 14.8 Å². The standard InChI is InChI=1S/C12H11O4P.C2H7NO/c13-17(14,15-11-7-3-1-4-8-11)16-12-9-5-2-6-10-12;3-1-2-4/h1-10H,(H,13,14);4H,1-3H2. The molecule has 2 aromatic rings. The molecule has 21 heavy (non-hydrogen) atoms. The van der Waals surface area contributed by atoms with Gasteiger partial charge in [-0.25, -0.2) is 4.57 Å². The molecule has 2 rings (SSSR count). The molecule has 0 bridgehead atoms. The van der Waals surface area contributed by atoms with Crippen molar-refractivity contribution in [1.82, 2.24) is 0 Å². The van der Waals surface area contributed by atoms with Gasteiger partial charge in [0.25, 0.3) is 0 Å². The largest absolute Gasteiger partial charge is 0.584 e. The Balaban J connectivity index is 0.000000491. The van der Waals surface area contributed by atoms with Crippen LogP contribution in [-0.4, -0.2) is 23.2 Å². The van der Waals surface area contributed by atoms with Gasteiger partial charge in [-0.05, 0) is 24.3 Å². The van der Waals surface area contributed by atoms with Gasteiger partial charge in [-0.1, -0.05) is 36.4 Å². The molecule has 0 amide bonds. The minimum Gasteiger partial charge on any atom is -0.395 e. The molecule has 0 radical (unpaired) electrons. The Morgan fingerprint density at radius 1 is 0.905 bits per heavy atom. The van der Waals surface area contributed by atoms with E-state index in [-0.39, 0.29) is 18.1 Å². The van der Waals surface area contributed by atoms with E-state index in [9.17, 15) is 9.46 Å². The molecular weight excluding hydrogens is 293 g/mol. The molecule has 4 N–H and O–H groups in total. The Hall–Kier alpha value is -1.85. The van der Waals surface area contributed by atoms with Gasteiger partial charge in [0.15, 0.2) is 0 Å². The summed E-state index contributed by atoms with van der Waals surface area (Å²) in [6.45, 7) is 0.472. The molecule has 0 spiro atoms. The Bertz CT molecular complexity index is 502. The van der Waals surface area contributed by atoms with Crippen molar-refractivity contribution in [3.05, 3.63) is 60.7 Å². The summed E-state index contributed by atoms with van der Waals surface area (Å²) in [5.41, 5.74) is 4.78. The lowest BCUT2D eigenvalue weighted by Crippen LogP contribution is -2.02. The van der Waals surface area contributed by atoms with E-state index >= 15 is 0 Å². The maximum atomic E-state index is 11.7. The van der Waals surface area contributed by atoms with Gasteiger partial charge < -0.3 is 19.9 Å². The second-order valence-corrected chi connectivity index (χ2v) is 5.09. The van der Waals surface area contributed by atoms with E-state index in [1.165, 1.54) is 0 Å². The van der Waals surface area contributed by atoms with E-state index in [1.807, 2.05) is 0 Å². The first-order chi connectivity index (χ1) is 10.1. The molecular formula is C14H18NO5P. The third-order valence-corrected chi connectivity index (χ3v) is 2.94. The highest BCUT2D eigenvalue weighted by atomic mass is 31.2. The maximum Gasteiger partial charge on any atom is 0.584 e. The van der Waals surface area contributed by atoms with Crippen LogP contribution in [0.1, 0.15) is 0 Å². The Labute approximate surface area is 123 Å². The van der Waals surface area contributed by atoms with Crippen LogP contribution in [0.4, 0.5) is 0 Å². The zero-order valence-electron chi connectivity index (χ0n) is 11.3. The summed E-state index contributed by atoms with van der Waals surface area (Å²) >= 11 is 0. The lowest BCUT2D eigenvalue weighted by atomic mass is 10.3. The highest BCUT2D eigenvalue weighted by Gasteiger charge is 2.24. The summed E-state index contributed by atoms with van der Waals surface area (Å²) in [5, 5.41) is 7.75. The number of rotatable bonds is 5. The van der Waals surface area contributed by atoms with Gasteiger partial charge in [0.1, 0.15) is 11.5 Å². The molecule has 2 aromatic carbocycles. The topological polar surface area (TPSA) is 102 Å². The van der Waals surface area contributed by atoms with Crippen molar-refractivity contribution in [3.8, 4) is 11.5 Å². The summed E-state index contributed by atoms with van der Waals surface area (Å²) in [5.74, 6) is 0.573. The second kappa shape index (κ2) is 9.15. The fourth-order valence-electron chi connectivity index (χ4n) is 1.25. The molecule has 0 aliphatic carbocycles. The SMILES string of the molecule is NCCO.O=P(O)(Oc1ccccc1)Oc1ccccc1. The maximum absolute atomic E-state index is 11.7. The van der Waals surface area contributed by atoms with E-state index in [0.717, 1.165) is 0 Å². The number of hydrogen-bond donors (Lipinski definition) is 3. The van der Waals surface area contributed by atoms with E-state index < -0.39 is 7.82 Å². The normalized spacial score (nSPS) is 10.2. The van der Waals surface area contributed by atoms with Crippen LogP contribution in [0.5, 0.6) is 11.5 Å². The van der Waals surface area contributed by atoms with Gasteiger partial charge in [0.05, 0.1) is 6.61 Å². The molecule has 0 aromatic heterocycles. The zero-order chi connectivity index (χ0) is 15.6. The average molecular weight is 311 g/mol. The number of hydrogen-bond acceptors (Lipinski definition) is 5. The smallest absolute Gasteiger partial charge is 0.395 e. The van der Waals surface area contributed by atoms with Crippen LogP contribution in [0.15, 0.2) is 60.7 Å². The molecule has 0 fully saturated rings. The summed E-state index contributed by atoms with van der Waals surface area (Å²) in [7, 11) is -4.14. The van der Waals surface area contributed by atoms with Crippen LogP contribution in [0.2, 0.25) is 0 Å². The molecule has 7 heteroatoms. The monoisotopic (exact) mass is 311 g/mol.